The molecule has 1 aliphatic rings. The van der Waals surface area contributed by atoms with Gasteiger partial charge in [0.2, 0.25) is 0 Å². The Labute approximate surface area is 207 Å². The Kier molecular flexibility index (Phi) is 7.73. The molecule has 0 unspecified atom stereocenters. The van der Waals surface area contributed by atoms with Gasteiger partial charge >= 0.3 is 11.7 Å². The number of aryl methyl sites for hydroxylation is 1. The number of H-pyrrole nitrogens is 1. The van der Waals surface area contributed by atoms with Crippen molar-refractivity contribution < 1.29 is 18.7 Å². The van der Waals surface area contributed by atoms with E-state index in [1.165, 1.54) is 10.8 Å². The fourth-order valence-corrected chi connectivity index (χ4v) is 5.28. The summed E-state index contributed by atoms with van der Waals surface area (Å²) in [7, 11) is -2.27. The van der Waals surface area contributed by atoms with Gasteiger partial charge in [0.15, 0.2) is 8.32 Å². The third-order valence-electron chi connectivity index (χ3n) is 7.02. The van der Waals surface area contributed by atoms with E-state index in [4.69, 9.17) is 13.9 Å². The van der Waals surface area contributed by atoms with Gasteiger partial charge in [0.25, 0.3) is 5.56 Å². The van der Waals surface area contributed by atoms with E-state index >= 15 is 0 Å². The van der Waals surface area contributed by atoms with Crippen LogP contribution in [0.2, 0.25) is 18.1 Å². The van der Waals surface area contributed by atoms with Gasteiger partial charge in [-0.25, -0.2) is 9.59 Å². The van der Waals surface area contributed by atoms with Crippen LogP contribution in [0.1, 0.15) is 55.8 Å². The number of rotatable bonds is 8. The maximum Gasteiger partial charge on any atom is 0.338 e. The van der Waals surface area contributed by atoms with E-state index in [0.29, 0.717) is 24.0 Å². The van der Waals surface area contributed by atoms with Gasteiger partial charge in [0, 0.05) is 24.6 Å². The summed E-state index contributed by atoms with van der Waals surface area (Å²) in [6.07, 6.45) is 2.74. The lowest BCUT2D eigenvalue weighted by Crippen LogP contribution is -2.52. The van der Waals surface area contributed by atoms with Crippen molar-refractivity contribution >= 4 is 14.3 Å². The first kappa shape index (κ1) is 26.8. The number of nitrogens with one attached hydrogen (secondary N) is 1. The number of aromatic nitrogens is 2. The fourth-order valence-electron chi connectivity index (χ4n) is 3.91. The summed E-state index contributed by atoms with van der Waals surface area (Å²) >= 11 is 0. The lowest BCUT2D eigenvalue weighted by molar-refractivity contribution is -0.126. The third kappa shape index (κ3) is 5.74. The Bertz CT molecular complexity index is 1180. The van der Waals surface area contributed by atoms with E-state index < -0.39 is 43.5 Å². The first-order valence-corrected chi connectivity index (χ1v) is 14.7. The molecule has 0 aliphatic carbocycles. The van der Waals surface area contributed by atoms with Gasteiger partial charge in [-0.2, -0.15) is 0 Å². The second-order valence-corrected chi connectivity index (χ2v) is 15.4. The molecule has 1 aromatic carbocycles. The maximum absolute atomic E-state index is 12.8. The van der Waals surface area contributed by atoms with Crippen LogP contribution in [-0.2, 0) is 13.9 Å². The van der Waals surface area contributed by atoms with Crippen LogP contribution >= 0.6 is 0 Å². The standard InChI is InChI=1S/C26H36N2O6Si/c1-8-14-26(17-32-23(30)19-12-10-9-11-13-19)20(34-35(6,7)25(3,4)5)15-21(33-26)28-16-18(2)22(29)27-24(28)31/h8-13,16,20-21H,1,14-15,17H2,2-7H3,(H,27,29,31)/t20-,21-,26+/m1/s1. The molecule has 1 fully saturated rings. The Morgan fingerprint density at radius 1 is 1.29 bits per heavy atom. The number of carbonyl (C=O) groups excluding carboxylic acids is 1. The van der Waals surface area contributed by atoms with Crippen molar-refractivity contribution in [1.82, 2.24) is 9.55 Å². The molecule has 1 N–H and O–H groups in total. The summed E-state index contributed by atoms with van der Waals surface area (Å²) in [5, 5.41) is -0.0723. The minimum Gasteiger partial charge on any atom is -0.459 e. The predicted octanol–water partition coefficient (Wildman–Crippen LogP) is 4.33. The molecule has 3 atom stereocenters. The van der Waals surface area contributed by atoms with Crippen LogP contribution in [0, 0.1) is 6.92 Å². The van der Waals surface area contributed by atoms with Gasteiger partial charge in [-0.1, -0.05) is 45.0 Å². The zero-order valence-corrected chi connectivity index (χ0v) is 22.4. The van der Waals surface area contributed by atoms with Crippen LogP contribution < -0.4 is 11.2 Å². The molecule has 0 saturated carbocycles. The molecule has 3 rings (SSSR count). The van der Waals surface area contributed by atoms with Crippen molar-refractivity contribution in [1.29, 1.82) is 0 Å². The summed E-state index contributed by atoms with van der Waals surface area (Å²) in [6, 6.07) is 8.74. The first-order chi connectivity index (χ1) is 16.3. The van der Waals surface area contributed by atoms with Crippen LogP contribution in [0.15, 0.2) is 58.8 Å². The molecule has 0 spiro atoms. The highest BCUT2D eigenvalue weighted by molar-refractivity contribution is 6.74. The van der Waals surface area contributed by atoms with Gasteiger partial charge in [-0.3, -0.25) is 14.3 Å². The SMILES string of the molecule is C=CC[C@@]1(COC(=O)c2ccccc2)O[C@@H](n2cc(C)c(=O)[nH]c2=O)C[C@H]1O[Si](C)(C)C(C)(C)C. The quantitative estimate of drug-likeness (QED) is 0.329. The van der Waals surface area contributed by atoms with Crippen LogP contribution in [0.25, 0.3) is 0 Å². The lowest BCUT2D eigenvalue weighted by atomic mass is 9.93. The number of carbonyl (C=O) groups is 1. The number of benzene rings is 1. The van der Waals surface area contributed by atoms with Gasteiger partial charge < -0.3 is 13.9 Å². The maximum atomic E-state index is 12.8. The van der Waals surface area contributed by atoms with Gasteiger partial charge in [-0.15, -0.1) is 6.58 Å². The smallest absolute Gasteiger partial charge is 0.338 e. The van der Waals surface area contributed by atoms with E-state index in [2.05, 4.69) is 45.4 Å². The van der Waals surface area contributed by atoms with E-state index in [1.807, 2.05) is 6.07 Å². The number of ether oxygens (including phenoxy) is 2. The van der Waals surface area contributed by atoms with Crippen molar-refractivity contribution in [3.8, 4) is 0 Å². The van der Waals surface area contributed by atoms with Gasteiger partial charge in [-0.05, 0) is 37.2 Å². The monoisotopic (exact) mass is 500 g/mol. The zero-order chi connectivity index (χ0) is 26.0. The van der Waals surface area contributed by atoms with Gasteiger partial charge in [0.1, 0.15) is 18.4 Å². The van der Waals surface area contributed by atoms with Crippen molar-refractivity contribution in [2.75, 3.05) is 6.61 Å². The summed E-state index contributed by atoms with van der Waals surface area (Å²) in [5.41, 5.74) is -1.22. The lowest BCUT2D eigenvalue weighted by Gasteiger charge is -2.42. The Hall–Kier alpha value is -2.75. The Morgan fingerprint density at radius 2 is 1.94 bits per heavy atom. The molecule has 2 aromatic rings. The molecule has 0 amide bonds. The zero-order valence-electron chi connectivity index (χ0n) is 21.4. The molecule has 0 radical (unpaired) electrons. The van der Waals surface area contributed by atoms with Crippen LogP contribution in [0.4, 0.5) is 0 Å². The molecule has 35 heavy (non-hydrogen) atoms. The van der Waals surface area contributed by atoms with Crippen LogP contribution in [0.5, 0.6) is 0 Å². The Morgan fingerprint density at radius 3 is 2.54 bits per heavy atom. The molecule has 1 aliphatic heterocycles. The topological polar surface area (TPSA) is 99.6 Å². The van der Waals surface area contributed by atoms with Crippen molar-refractivity contribution in [3.63, 3.8) is 0 Å². The Balaban J connectivity index is 1.99. The van der Waals surface area contributed by atoms with Crippen molar-refractivity contribution in [2.45, 2.75) is 76.6 Å². The first-order valence-electron chi connectivity index (χ1n) is 11.8. The summed E-state index contributed by atoms with van der Waals surface area (Å²) in [5.74, 6) is -0.468. The van der Waals surface area contributed by atoms with E-state index in [0.717, 1.165) is 0 Å². The van der Waals surface area contributed by atoms with E-state index in [1.54, 1.807) is 37.3 Å². The second-order valence-electron chi connectivity index (χ2n) is 10.7. The van der Waals surface area contributed by atoms with Gasteiger partial charge in [0.05, 0.1) is 11.7 Å². The molecular formula is C26H36N2O6Si. The molecule has 0 bridgehead atoms. The number of esters is 1. The molecule has 1 aromatic heterocycles. The normalized spacial score (nSPS) is 22.7. The molecule has 190 valence electrons. The largest absolute Gasteiger partial charge is 0.459 e. The van der Waals surface area contributed by atoms with Crippen molar-refractivity contribution in [2.24, 2.45) is 0 Å². The van der Waals surface area contributed by atoms with Crippen LogP contribution in [-0.4, -0.2) is 42.1 Å². The highest BCUT2D eigenvalue weighted by Gasteiger charge is 2.54. The average Bonchev–Trinajstić information content (AvgIpc) is 3.12. The molecular weight excluding hydrogens is 464 g/mol. The number of aromatic amines is 1. The predicted molar refractivity (Wildman–Crippen MR) is 137 cm³/mol. The number of hydrogen-bond donors (Lipinski definition) is 1. The molecule has 1 saturated heterocycles. The highest BCUT2D eigenvalue weighted by Crippen LogP contribution is 2.46. The van der Waals surface area contributed by atoms with Crippen LogP contribution in [0.3, 0.4) is 0 Å². The van der Waals surface area contributed by atoms with E-state index in [9.17, 15) is 14.4 Å². The highest BCUT2D eigenvalue weighted by atomic mass is 28.4. The fraction of sp³-hybridized carbons (Fsp3) is 0.500. The van der Waals surface area contributed by atoms with Crippen molar-refractivity contribution in [3.05, 3.63) is 81.1 Å². The molecule has 8 nitrogen and oxygen atoms in total. The third-order valence-corrected chi connectivity index (χ3v) is 11.5. The summed E-state index contributed by atoms with van der Waals surface area (Å²) in [6.45, 7) is 16.2. The summed E-state index contributed by atoms with van der Waals surface area (Å²) < 4.78 is 20.4. The average molecular weight is 501 g/mol. The molecule has 9 heteroatoms. The molecule has 2 heterocycles. The minimum atomic E-state index is -2.27. The number of hydrogen-bond acceptors (Lipinski definition) is 6. The summed E-state index contributed by atoms with van der Waals surface area (Å²) in [4.78, 5) is 39.6. The minimum absolute atomic E-state index is 0.0698. The second kappa shape index (κ2) is 10.1. The van der Waals surface area contributed by atoms with E-state index in [-0.39, 0.29) is 11.6 Å². The number of nitrogens with zero attached hydrogens (tertiary/aromatic N) is 1.